The summed E-state index contributed by atoms with van der Waals surface area (Å²) in [5.74, 6) is 1.89. The summed E-state index contributed by atoms with van der Waals surface area (Å²) in [4.78, 5) is 4.51. The average molecular weight is 427 g/mol. The van der Waals surface area contributed by atoms with Crippen LogP contribution in [0.15, 0.2) is 56.4 Å². The van der Waals surface area contributed by atoms with Crippen LogP contribution in [0.2, 0.25) is 0 Å². The number of benzene rings is 2. The van der Waals surface area contributed by atoms with Gasteiger partial charge in [0.2, 0.25) is 0 Å². The molecule has 0 unspecified atom stereocenters. The predicted octanol–water partition coefficient (Wildman–Crippen LogP) is 5.28. The monoisotopic (exact) mass is 425 g/mol. The van der Waals surface area contributed by atoms with Gasteiger partial charge in [0.15, 0.2) is 0 Å². The van der Waals surface area contributed by atoms with E-state index in [1.54, 1.807) is 11.8 Å². The Hall–Kier alpha value is -0.780. The molecule has 0 fully saturated rings. The van der Waals surface area contributed by atoms with Gasteiger partial charge < -0.3 is 4.74 Å². The van der Waals surface area contributed by atoms with Gasteiger partial charge in [-0.1, -0.05) is 30.3 Å². The molecule has 1 heterocycles. The topological polar surface area (TPSA) is 21.6 Å². The fourth-order valence-corrected chi connectivity index (χ4v) is 4.32. The lowest BCUT2D eigenvalue weighted by Gasteiger charge is -2.12. The summed E-state index contributed by atoms with van der Waals surface area (Å²) in [5.41, 5.74) is 2.28. The molecule has 0 N–H and O–H groups in total. The quantitative estimate of drug-likeness (QED) is 0.662. The van der Waals surface area contributed by atoms with Crippen LogP contribution >= 0.6 is 43.6 Å². The summed E-state index contributed by atoms with van der Waals surface area (Å²) in [6.07, 6.45) is 0. The Kier molecular flexibility index (Phi) is 5.03. The van der Waals surface area contributed by atoms with Crippen molar-refractivity contribution in [2.75, 3.05) is 12.3 Å². The van der Waals surface area contributed by atoms with E-state index in [4.69, 9.17) is 4.74 Å². The van der Waals surface area contributed by atoms with Gasteiger partial charge >= 0.3 is 0 Å². The molecule has 1 aliphatic rings. The van der Waals surface area contributed by atoms with Crippen LogP contribution in [-0.2, 0) is 6.61 Å². The van der Waals surface area contributed by atoms with Gasteiger partial charge in [-0.3, -0.25) is 4.99 Å². The molecule has 3 rings (SSSR count). The Bertz CT molecular complexity index is 650. The maximum absolute atomic E-state index is 5.93. The molecule has 0 saturated heterocycles. The molecule has 1 aliphatic heterocycles. The van der Waals surface area contributed by atoms with E-state index in [0.29, 0.717) is 6.61 Å². The maximum Gasteiger partial charge on any atom is 0.148 e. The average Bonchev–Trinajstić information content (AvgIpc) is 3.01. The molecule has 0 atom stereocenters. The minimum Gasteiger partial charge on any atom is -0.487 e. The van der Waals surface area contributed by atoms with E-state index >= 15 is 0 Å². The van der Waals surface area contributed by atoms with Crippen LogP contribution in [-0.4, -0.2) is 17.3 Å². The van der Waals surface area contributed by atoms with Crippen LogP contribution in [0.4, 0.5) is 0 Å². The number of hydrogen-bond donors (Lipinski definition) is 0. The SMILES string of the molecule is Brc1cc(C2=NCCS2)cc(Br)c1OCc1ccccc1. The van der Waals surface area contributed by atoms with E-state index < -0.39 is 0 Å². The van der Waals surface area contributed by atoms with Crippen molar-refractivity contribution in [1.29, 1.82) is 0 Å². The van der Waals surface area contributed by atoms with E-state index in [-0.39, 0.29) is 0 Å². The van der Waals surface area contributed by atoms with Crippen LogP contribution in [0.5, 0.6) is 5.75 Å². The first-order chi connectivity index (χ1) is 10.2. The Balaban J connectivity index is 1.79. The van der Waals surface area contributed by atoms with E-state index in [0.717, 1.165) is 43.2 Å². The van der Waals surface area contributed by atoms with Crippen molar-refractivity contribution in [3.05, 3.63) is 62.5 Å². The summed E-state index contributed by atoms with van der Waals surface area (Å²) in [6.45, 7) is 1.45. The van der Waals surface area contributed by atoms with E-state index in [1.807, 2.05) is 18.2 Å². The second-order valence-corrected chi connectivity index (χ2v) is 7.37. The van der Waals surface area contributed by atoms with Crippen molar-refractivity contribution in [2.24, 2.45) is 4.99 Å². The highest BCUT2D eigenvalue weighted by Gasteiger charge is 2.15. The fourth-order valence-electron chi connectivity index (χ4n) is 2.06. The third kappa shape index (κ3) is 3.71. The van der Waals surface area contributed by atoms with Crippen molar-refractivity contribution in [2.45, 2.75) is 6.61 Å². The molecule has 0 radical (unpaired) electrons. The fraction of sp³-hybridized carbons (Fsp3) is 0.188. The van der Waals surface area contributed by atoms with Crippen LogP contribution in [0.1, 0.15) is 11.1 Å². The predicted molar refractivity (Wildman–Crippen MR) is 96.5 cm³/mol. The minimum atomic E-state index is 0.549. The summed E-state index contributed by atoms with van der Waals surface area (Å²) in [6, 6.07) is 14.3. The van der Waals surface area contributed by atoms with Crippen molar-refractivity contribution in [1.82, 2.24) is 0 Å². The Morgan fingerprint density at radius 1 is 1.10 bits per heavy atom. The van der Waals surface area contributed by atoms with Gasteiger partial charge in [0.1, 0.15) is 12.4 Å². The second kappa shape index (κ2) is 6.99. The van der Waals surface area contributed by atoms with Crippen LogP contribution < -0.4 is 4.74 Å². The first-order valence-corrected chi connectivity index (χ1v) is 9.14. The van der Waals surface area contributed by atoms with Gasteiger partial charge in [0.25, 0.3) is 0 Å². The first-order valence-electron chi connectivity index (χ1n) is 6.57. The third-order valence-electron chi connectivity index (χ3n) is 3.06. The molecule has 21 heavy (non-hydrogen) atoms. The molecule has 0 aliphatic carbocycles. The van der Waals surface area contributed by atoms with Crippen LogP contribution in [0, 0.1) is 0 Å². The van der Waals surface area contributed by atoms with E-state index in [1.165, 1.54) is 0 Å². The van der Waals surface area contributed by atoms with E-state index in [2.05, 4.69) is 61.1 Å². The molecule has 0 aromatic heterocycles. The molecule has 2 aromatic rings. The highest BCUT2D eigenvalue weighted by molar-refractivity contribution is 9.11. The largest absolute Gasteiger partial charge is 0.487 e. The lowest BCUT2D eigenvalue weighted by Crippen LogP contribution is -1.99. The zero-order chi connectivity index (χ0) is 14.7. The lowest BCUT2D eigenvalue weighted by atomic mass is 10.2. The van der Waals surface area contributed by atoms with Crippen molar-refractivity contribution >= 4 is 48.7 Å². The Labute approximate surface area is 145 Å². The minimum absolute atomic E-state index is 0.549. The number of hydrogen-bond acceptors (Lipinski definition) is 3. The van der Waals surface area contributed by atoms with Crippen molar-refractivity contribution < 1.29 is 4.74 Å². The summed E-state index contributed by atoms with van der Waals surface area (Å²) >= 11 is 9.00. The Morgan fingerprint density at radius 3 is 2.43 bits per heavy atom. The van der Waals surface area contributed by atoms with Crippen molar-refractivity contribution in [3.63, 3.8) is 0 Å². The zero-order valence-electron chi connectivity index (χ0n) is 11.2. The summed E-state index contributed by atoms with van der Waals surface area (Å²) < 4.78 is 7.82. The van der Waals surface area contributed by atoms with Gasteiger partial charge in [-0.2, -0.15) is 0 Å². The van der Waals surface area contributed by atoms with Gasteiger partial charge in [0, 0.05) is 17.9 Å². The van der Waals surface area contributed by atoms with Gasteiger partial charge in [0.05, 0.1) is 14.0 Å². The maximum atomic E-state index is 5.93. The molecule has 0 spiro atoms. The number of aliphatic imine (C=N–C) groups is 1. The number of nitrogens with zero attached hydrogens (tertiary/aromatic N) is 1. The normalized spacial score (nSPS) is 14.1. The second-order valence-electron chi connectivity index (χ2n) is 4.58. The third-order valence-corrected chi connectivity index (χ3v) is 5.26. The highest BCUT2D eigenvalue weighted by atomic mass is 79.9. The molecule has 2 nitrogen and oxygen atoms in total. The number of thioether (sulfide) groups is 1. The molecule has 2 aromatic carbocycles. The van der Waals surface area contributed by atoms with Gasteiger partial charge in [-0.25, -0.2) is 0 Å². The van der Waals surface area contributed by atoms with Gasteiger partial charge in [-0.05, 0) is 49.6 Å². The number of ether oxygens (including phenoxy) is 1. The molecule has 0 bridgehead atoms. The lowest BCUT2D eigenvalue weighted by molar-refractivity contribution is 0.302. The highest BCUT2D eigenvalue weighted by Crippen LogP contribution is 2.36. The van der Waals surface area contributed by atoms with Crippen LogP contribution in [0.25, 0.3) is 0 Å². The molecule has 0 amide bonds. The van der Waals surface area contributed by atoms with Crippen molar-refractivity contribution in [3.8, 4) is 5.75 Å². The van der Waals surface area contributed by atoms with Gasteiger partial charge in [-0.15, -0.1) is 11.8 Å². The standard InChI is InChI=1S/C16H13Br2NOS/c17-13-8-12(16-19-6-7-21-16)9-14(18)15(13)20-10-11-4-2-1-3-5-11/h1-5,8-9H,6-7,10H2. The summed E-state index contributed by atoms with van der Waals surface area (Å²) in [5, 5.41) is 1.10. The molecule has 5 heteroatoms. The molecule has 0 saturated carbocycles. The van der Waals surface area contributed by atoms with Crippen LogP contribution in [0.3, 0.4) is 0 Å². The molecule has 108 valence electrons. The Morgan fingerprint density at radius 2 is 1.81 bits per heavy atom. The van der Waals surface area contributed by atoms with E-state index in [9.17, 15) is 0 Å². The molecular formula is C16H13Br2NOS. The zero-order valence-corrected chi connectivity index (χ0v) is 15.2. The molecular weight excluding hydrogens is 414 g/mol. The number of rotatable bonds is 4. The number of halogens is 2. The smallest absolute Gasteiger partial charge is 0.148 e. The first kappa shape index (κ1) is 15.1. The summed E-state index contributed by atoms with van der Waals surface area (Å²) in [7, 11) is 0.